The molecular formula is C20H19NO5. The highest BCUT2D eigenvalue weighted by atomic mass is 16.6. The molecule has 0 atom stereocenters. The maximum atomic E-state index is 12.6. The van der Waals surface area contributed by atoms with Gasteiger partial charge in [0.05, 0.1) is 12.2 Å². The van der Waals surface area contributed by atoms with Crippen LogP contribution in [0.3, 0.4) is 0 Å². The summed E-state index contributed by atoms with van der Waals surface area (Å²) in [5, 5.41) is 0. The average Bonchev–Trinajstić information content (AvgIpc) is 2.92. The van der Waals surface area contributed by atoms with Gasteiger partial charge in [-0.2, -0.15) is 0 Å². The zero-order valence-corrected chi connectivity index (χ0v) is 14.8. The van der Waals surface area contributed by atoms with E-state index in [1.165, 1.54) is 11.0 Å². The minimum atomic E-state index is -0.504. The standard InChI is InChI=1S/C20H19NO5/c1-4-24-16-8-6-5-7-13(16)11-18-19(22)15-10-9-14(12-17(15)26-18)25-20(23)21(2)3/h5-12H,4H2,1-3H3/b18-11+. The second kappa shape index (κ2) is 7.31. The SMILES string of the molecule is CCOc1ccccc1/C=C1/Oc2cc(OC(=O)N(C)C)ccc2C1=O. The molecule has 0 saturated carbocycles. The normalized spacial score (nSPS) is 14.0. The van der Waals surface area contributed by atoms with Crippen LogP contribution in [0.15, 0.2) is 48.2 Å². The summed E-state index contributed by atoms with van der Waals surface area (Å²) < 4.78 is 16.5. The topological polar surface area (TPSA) is 65.1 Å². The minimum absolute atomic E-state index is 0.197. The highest BCUT2D eigenvalue weighted by Crippen LogP contribution is 2.35. The third-order valence-electron chi connectivity index (χ3n) is 3.72. The fraction of sp³-hybridized carbons (Fsp3) is 0.200. The van der Waals surface area contributed by atoms with Gasteiger partial charge in [0.1, 0.15) is 17.2 Å². The largest absolute Gasteiger partial charge is 0.493 e. The van der Waals surface area contributed by atoms with Crippen molar-refractivity contribution in [3.8, 4) is 17.2 Å². The van der Waals surface area contributed by atoms with Crippen LogP contribution in [-0.4, -0.2) is 37.5 Å². The smallest absolute Gasteiger partial charge is 0.414 e. The van der Waals surface area contributed by atoms with Crippen LogP contribution >= 0.6 is 0 Å². The van der Waals surface area contributed by atoms with Gasteiger partial charge in [-0.3, -0.25) is 4.79 Å². The van der Waals surface area contributed by atoms with Crippen LogP contribution in [0, 0.1) is 0 Å². The Labute approximate surface area is 151 Å². The Bertz CT molecular complexity index is 886. The van der Waals surface area contributed by atoms with E-state index in [9.17, 15) is 9.59 Å². The van der Waals surface area contributed by atoms with Crippen LogP contribution in [0.25, 0.3) is 6.08 Å². The van der Waals surface area contributed by atoms with Gasteiger partial charge in [-0.25, -0.2) is 4.79 Å². The highest BCUT2D eigenvalue weighted by molar-refractivity contribution is 6.14. The van der Waals surface area contributed by atoms with E-state index in [2.05, 4.69) is 0 Å². The number of hydrogen-bond acceptors (Lipinski definition) is 5. The van der Waals surface area contributed by atoms with Crippen molar-refractivity contribution >= 4 is 18.0 Å². The molecule has 0 N–H and O–H groups in total. The number of carbonyl (C=O) groups is 2. The van der Waals surface area contributed by atoms with Crippen molar-refractivity contribution in [2.45, 2.75) is 6.92 Å². The molecule has 0 aliphatic carbocycles. The van der Waals surface area contributed by atoms with Crippen LogP contribution < -0.4 is 14.2 Å². The lowest BCUT2D eigenvalue weighted by Gasteiger charge is -2.10. The van der Waals surface area contributed by atoms with E-state index in [1.54, 1.807) is 32.3 Å². The van der Waals surface area contributed by atoms with Crippen molar-refractivity contribution in [1.29, 1.82) is 0 Å². The van der Waals surface area contributed by atoms with E-state index in [0.717, 1.165) is 5.56 Å². The fourth-order valence-electron chi connectivity index (χ4n) is 2.45. The molecule has 1 amide bonds. The zero-order chi connectivity index (χ0) is 18.7. The summed E-state index contributed by atoms with van der Waals surface area (Å²) in [6, 6.07) is 12.1. The third-order valence-corrected chi connectivity index (χ3v) is 3.72. The maximum absolute atomic E-state index is 12.6. The van der Waals surface area contributed by atoms with E-state index >= 15 is 0 Å². The summed E-state index contributed by atoms with van der Waals surface area (Å²) in [5.41, 5.74) is 1.18. The van der Waals surface area contributed by atoms with Crippen molar-refractivity contribution < 1.29 is 23.8 Å². The molecule has 0 radical (unpaired) electrons. The predicted octanol–water partition coefficient (Wildman–Crippen LogP) is 3.76. The maximum Gasteiger partial charge on any atom is 0.414 e. The molecule has 1 aliphatic rings. The number of ketones is 1. The monoisotopic (exact) mass is 353 g/mol. The van der Waals surface area contributed by atoms with E-state index in [4.69, 9.17) is 14.2 Å². The number of allylic oxidation sites excluding steroid dienone is 1. The molecular weight excluding hydrogens is 334 g/mol. The van der Waals surface area contributed by atoms with Crippen molar-refractivity contribution in [3.63, 3.8) is 0 Å². The van der Waals surface area contributed by atoms with E-state index in [-0.39, 0.29) is 11.5 Å². The lowest BCUT2D eigenvalue weighted by Crippen LogP contribution is -2.25. The predicted molar refractivity (Wildman–Crippen MR) is 96.7 cm³/mol. The number of amides is 1. The number of carbonyl (C=O) groups excluding carboxylic acids is 2. The molecule has 1 aliphatic heterocycles. The number of nitrogens with zero attached hydrogens (tertiary/aromatic N) is 1. The summed E-state index contributed by atoms with van der Waals surface area (Å²) in [7, 11) is 3.18. The zero-order valence-electron chi connectivity index (χ0n) is 14.8. The number of hydrogen-bond donors (Lipinski definition) is 0. The molecule has 0 spiro atoms. The highest BCUT2D eigenvalue weighted by Gasteiger charge is 2.28. The minimum Gasteiger partial charge on any atom is -0.493 e. The number of Topliss-reactive ketones (excluding diaryl/α,β-unsaturated/α-hetero) is 1. The Hall–Kier alpha value is -3.28. The molecule has 0 aromatic heterocycles. The van der Waals surface area contributed by atoms with E-state index in [0.29, 0.717) is 29.4 Å². The van der Waals surface area contributed by atoms with E-state index in [1.807, 2.05) is 31.2 Å². The fourth-order valence-corrected chi connectivity index (χ4v) is 2.45. The first-order valence-corrected chi connectivity index (χ1v) is 8.19. The quantitative estimate of drug-likeness (QED) is 0.783. The molecule has 26 heavy (non-hydrogen) atoms. The summed E-state index contributed by atoms with van der Waals surface area (Å²) >= 11 is 0. The number of benzene rings is 2. The molecule has 0 unspecified atom stereocenters. The molecule has 0 saturated heterocycles. The molecule has 134 valence electrons. The summed E-state index contributed by atoms with van der Waals surface area (Å²) in [4.78, 5) is 25.5. The van der Waals surface area contributed by atoms with Crippen LogP contribution in [-0.2, 0) is 0 Å². The second-order valence-electron chi connectivity index (χ2n) is 5.83. The van der Waals surface area contributed by atoms with E-state index < -0.39 is 6.09 Å². The van der Waals surface area contributed by atoms with Gasteiger partial charge in [-0.15, -0.1) is 0 Å². The van der Waals surface area contributed by atoms with Crippen LogP contribution in [0.5, 0.6) is 17.2 Å². The lowest BCUT2D eigenvalue weighted by molar-refractivity contribution is 0.101. The summed E-state index contributed by atoms with van der Waals surface area (Å²) in [6.07, 6.45) is 1.15. The number of fused-ring (bicyclic) bond motifs is 1. The molecule has 6 heteroatoms. The van der Waals surface area contributed by atoms with Gasteiger partial charge in [0.15, 0.2) is 5.76 Å². The first kappa shape index (κ1) is 17.5. The van der Waals surface area contributed by atoms with Crippen LogP contribution in [0.4, 0.5) is 4.79 Å². The molecule has 3 rings (SSSR count). The molecule has 1 heterocycles. The number of para-hydroxylation sites is 1. The number of ether oxygens (including phenoxy) is 3. The Morgan fingerprint density at radius 2 is 1.96 bits per heavy atom. The first-order valence-electron chi connectivity index (χ1n) is 8.19. The van der Waals surface area contributed by atoms with Crippen molar-refractivity contribution in [1.82, 2.24) is 4.90 Å². The van der Waals surface area contributed by atoms with Gasteiger partial charge in [0, 0.05) is 25.7 Å². The molecule has 2 aromatic rings. The van der Waals surface area contributed by atoms with Gasteiger partial charge in [0.25, 0.3) is 0 Å². The lowest BCUT2D eigenvalue weighted by atomic mass is 10.1. The second-order valence-corrected chi connectivity index (χ2v) is 5.83. The Balaban J connectivity index is 1.87. The van der Waals surface area contributed by atoms with Gasteiger partial charge in [-0.1, -0.05) is 18.2 Å². The van der Waals surface area contributed by atoms with Gasteiger partial charge >= 0.3 is 6.09 Å². The van der Waals surface area contributed by atoms with Crippen molar-refractivity contribution in [3.05, 3.63) is 59.4 Å². The summed E-state index contributed by atoms with van der Waals surface area (Å²) in [6.45, 7) is 2.42. The van der Waals surface area contributed by atoms with Crippen molar-refractivity contribution in [2.24, 2.45) is 0 Å². The molecule has 6 nitrogen and oxygen atoms in total. The Kier molecular flexibility index (Phi) is 4.93. The Morgan fingerprint density at radius 3 is 2.69 bits per heavy atom. The van der Waals surface area contributed by atoms with Gasteiger partial charge < -0.3 is 19.1 Å². The number of rotatable bonds is 4. The Morgan fingerprint density at radius 1 is 1.19 bits per heavy atom. The molecule has 0 bridgehead atoms. The van der Waals surface area contributed by atoms with Crippen LogP contribution in [0.2, 0.25) is 0 Å². The van der Waals surface area contributed by atoms with Gasteiger partial charge in [0.2, 0.25) is 5.78 Å². The molecule has 0 fully saturated rings. The van der Waals surface area contributed by atoms with Crippen molar-refractivity contribution in [2.75, 3.05) is 20.7 Å². The first-order chi connectivity index (χ1) is 12.5. The molecule has 2 aromatic carbocycles. The average molecular weight is 353 g/mol. The van der Waals surface area contributed by atoms with Crippen LogP contribution in [0.1, 0.15) is 22.8 Å². The third kappa shape index (κ3) is 3.54. The summed E-state index contributed by atoms with van der Waals surface area (Å²) in [5.74, 6) is 1.32. The van der Waals surface area contributed by atoms with Gasteiger partial charge in [-0.05, 0) is 31.2 Å².